The molecule has 0 bridgehead atoms. The average Bonchev–Trinajstić information content (AvgIpc) is 2.17. The van der Waals surface area contributed by atoms with E-state index in [1.807, 2.05) is 32.9 Å². The number of carbonyl (C=O) groups excluding carboxylic acids is 2. The summed E-state index contributed by atoms with van der Waals surface area (Å²) in [6, 6.07) is 7.24. The van der Waals surface area contributed by atoms with Gasteiger partial charge in [-0.15, -0.1) is 0 Å². The van der Waals surface area contributed by atoms with Crippen molar-refractivity contribution in [3.05, 3.63) is 35.4 Å². The highest BCUT2D eigenvalue weighted by Crippen LogP contribution is 2.18. The largest absolute Gasteiger partial charge is 0.299 e. The summed E-state index contributed by atoms with van der Waals surface area (Å²) in [7, 11) is 0. The zero-order chi connectivity index (χ0) is 12.3. The fraction of sp³-hybridized carbons (Fsp3) is 0.429. The van der Waals surface area contributed by atoms with E-state index in [-0.39, 0.29) is 17.0 Å². The third-order valence-electron chi connectivity index (χ3n) is 2.56. The summed E-state index contributed by atoms with van der Waals surface area (Å²) in [5.41, 5.74) is 1.34. The molecular formula is C14H18O2. The minimum atomic E-state index is -0.306. The van der Waals surface area contributed by atoms with Gasteiger partial charge in [0.15, 0.2) is 5.78 Å². The van der Waals surface area contributed by atoms with Gasteiger partial charge in [0.2, 0.25) is 0 Å². The van der Waals surface area contributed by atoms with Crippen LogP contribution in [0.1, 0.15) is 43.6 Å². The number of Topliss-reactive ketones (excluding diaryl/α,β-unsaturated/α-hetero) is 2. The molecule has 16 heavy (non-hydrogen) atoms. The Bertz CT molecular complexity index is 394. The van der Waals surface area contributed by atoms with Crippen LogP contribution in [0.15, 0.2) is 24.3 Å². The SMILES string of the molecule is CC(=O)c1ccc(CC(=O)C(C)(C)C)cc1. The predicted molar refractivity (Wildman–Crippen MR) is 64.6 cm³/mol. The molecule has 0 unspecified atom stereocenters. The molecule has 1 aromatic rings. The Balaban J connectivity index is 2.77. The smallest absolute Gasteiger partial charge is 0.159 e. The van der Waals surface area contributed by atoms with E-state index in [1.165, 1.54) is 6.92 Å². The van der Waals surface area contributed by atoms with E-state index in [1.54, 1.807) is 12.1 Å². The molecule has 2 nitrogen and oxygen atoms in total. The molecule has 1 aromatic carbocycles. The third kappa shape index (κ3) is 3.30. The predicted octanol–water partition coefficient (Wildman–Crippen LogP) is 3.05. The zero-order valence-corrected chi connectivity index (χ0v) is 10.3. The second-order valence-corrected chi connectivity index (χ2v) is 5.10. The highest BCUT2D eigenvalue weighted by Gasteiger charge is 2.20. The number of hydrogen-bond acceptors (Lipinski definition) is 2. The molecule has 0 fully saturated rings. The van der Waals surface area contributed by atoms with Crippen LogP contribution in [0, 0.1) is 5.41 Å². The number of hydrogen-bond donors (Lipinski definition) is 0. The molecule has 0 amide bonds. The van der Waals surface area contributed by atoms with Gasteiger partial charge in [0.25, 0.3) is 0 Å². The van der Waals surface area contributed by atoms with E-state index in [0.717, 1.165) is 5.56 Å². The highest BCUT2D eigenvalue weighted by atomic mass is 16.1. The molecule has 0 radical (unpaired) electrons. The fourth-order valence-corrected chi connectivity index (χ4v) is 1.31. The van der Waals surface area contributed by atoms with Crippen molar-refractivity contribution in [2.45, 2.75) is 34.1 Å². The van der Waals surface area contributed by atoms with Crippen molar-refractivity contribution in [3.8, 4) is 0 Å². The van der Waals surface area contributed by atoms with Gasteiger partial charge in [-0.05, 0) is 12.5 Å². The molecule has 0 atom stereocenters. The maximum Gasteiger partial charge on any atom is 0.159 e. The van der Waals surface area contributed by atoms with Crippen LogP contribution < -0.4 is 0 Å². The van der Waals surface area contributed by atoms with Crippen LogP contribution in [-0.2, 0) is 11.2 Å². The van der Waals surface area contributed by atoms with Gasteiger partial charge in [0.1, 0.15) is 5.78 Å². The van der Waals surface area contributed by atoms with Crippen LogP contribution in [0.25, 0.3) is 0 Å². The standard InChI is InChI=1S/C14H18O2/c1-10(15)12-7-5-11(6-8-12)9-13(16)14(2,3)4/h5-8H,9H2,1-4H3. The lowest BCUT2D eigenvalue weighted by Crippen LogP contribution is -2.22. The van der Waals surface area contributed by atoms with Gasteiger partial charge in [-0.3, -0.25) is 9.59 Å². The summed E-state index contributed by atoms with van der Waals surface area (Å²) in [6.45, 7) is 7.28. The lowest BCUT2D eigenvalue weighted by Gasteiger charge is -2.16. The topological polar surface area (TPSA) is 34.1 Å². The van der Waals surface area contributed by atoms with E-state index in [0.29, 0.717) is 12.0 Å². The van der Waals surface area contributed by atoms with Crippen molar-refractivity contribution in [1.82, 2.24) is 0 Å². The van der Waals surface area contributed by atoms with Gasteiger partial charge < -0.3 is 0 Å². The highest BCUT2D eigenvalue weighted by molar-refractivity contribution is 5.94. The Kier molecular flexibility index (Phi) is 3.63. The Morgan fingerprint density at radius 2 is 1.56 bits per heavy atom. The van der Waals surface area contributed by atoms with Gasteiger partial charge in [-0.1, -0.05) is 45.0 Å². The summed E-state index contributed by atoms with van der Waals surface area (Å²) in [4.78, 5) is 22.9. The second kappa shape index (κ2) is 4.60. The van der Waals surface area contributed by atoms with Crippen molar-refractivity contribution >= 4 is 11.6 Å². The summed E-state index contributed by atoms with van der Waals surface area (Å²) in [5.74, 6) is 0.261. The normalized spacial score (nSPS) is 11.2. The van der Waals surface area contributed by atoms with Crippen molar-refractivity contribution in [2.75, 3.05) is 0 Å². The molecule has 2 heteroatoms. The number of ketones is 2. The van der Waals surface area contributed by atoms with Gasteiger partial charge in [0.05, 0.1) is 0 Å². The first-order valence-corrected chi connectivity index (χ1v) is 5.44. The summed E-state index contributed by atoms with van der Waals surface area (Å²) in [6.07, 6.45) is 0.432. The van der Waals surface area contributed by atoms with E-state index in [4.69, 9.17) is 0 Å². The van der Waals surface area contributed by atoms with Crippen molar-refractivity contribution < 1.29 is 9.59 Å². The van der Waals surface area contributed by atoms with Crippen LogP contribution in [-0.4, -0.2) is 11.6 Å². The van der Waals surface area contributed by atoms with Gasteiger partial charge in [0, 0.05) is 17.4 Å². The Labute approximate surface area is 96.7 Å². The molecule has 0 aliphatic rings. The van der Waals surface area contributed by atoms with Gasteiger partial charge in [-0.2, -0.15) is 0 Å². The number of carbonyl (C=O) groups is 2. The molecule has 0 saturated carbocycles. The van der Waals surface area contributed by atoms with Gasteiger partial charge >= 0.3 is 0 Å². The Hall–Kier alpha value is -1.44. The minimum Gasteiger partial charge on any atom is -0.299 e. The van der Waals surface area contributed by atoms with Crippen molar-refractivity contribution in [1.29, 1.82) is 0 Å². The lowest BCUT2D eigenvalue weighted by atomic mass is 9.87. The molecule has 0 saturated heterocycles. The van der Waals surface area contributed by atoms with Crippen molar-refractivity contribution in [2.24, 2.45) is 5.41 Å². The molecule has 0 aliphatic carbocycles. The molecule has 0 heterocycles. The Morgan fingerprint density at radius 1 is 1.06 bits per heavy atom. The maximum atomic E-state index is 11.8. The van der Waals surface area contributed by atoms with E-state index in [2.05, 4.69) is 0 Å². The quantitative estimate of drug-likeness (QED) is 0.731. The van der Waals surface area contributed by atoms with Gasteiger partial charge in [-0.25, -0.2) is 0 Å². The fourth-order valence-electron chi connectivity index (χ4n) is 1.31. The third-order valence-corrected chi connectivity index (χ3v) is 2.56. The minimum absolute atomic E-state index is 0.0497. The average molecular weight is 218 g/mol. The van der Waals surface area contributed by atoms with Crippen molar-refractivity contribution in [3.63, 3.8) is 0 Å². The molecule has 1 rings (SSSR count). The lowest BCUT2D eigenvalue weighted by molar-refractivity contribution is -0.125. The van der Waals surface area contributed by atoms with Crippen LogP contribution in [0.4, 0.5) is 0 Å². The molecule has 0 aromatic heterocycles. The molecule has 0 N–H and O–H groups in total. The van der Waals surface area contributed by atoms with Crippen LogP contribution >= 0.6 is 0 Å². The molecule has 0 spiro atoms. The van der Waals surface area contributed by atoms with E-state index < -0.39 is 0 Å². The first-order valence-electron chi connectivity index (χ1n) is 5.44. The second-order valence-electron chi connectivity index (χ2n) is 5.10. The monoisotopic (exact) mass is 218 g/mol. The zero-order valence-electron chi connectivity index (χ0n) is 10.3. The molecular weight excluding hydrogens is 200 g/mol. The van der Waals surface area contributed by atoms with Crippen LogP contribution in [0.5, 0.6) is 0 Å². The summed E-state index contributed by atoms with van der Waals surface area (Å²) < 4.78 is 0. The number of rotatable bonds is 3. The van der Waals surface area contributed by atoms with Crippen LogP contribution in [0.2, 0.25) is 0 Å². The van der Waals surface area contributed by atoms with E-state index in [9.17, 15) is 9.59 Å². The molecule has 0 aliphatic heterocycles. The van der Waals surface area contributed by atoms with Crippen LogP contribution in [0.3, 0.4) is 0 Å². The van der Waals surface area contributed by atoms with E-state index >= 15 is 0 Å². The maximum absolute atomic E-state index is 11.8. The first kappa shape index (κ1) is 12.6. The molecule has 86 valence electrons. The summed E-state index contributed by atoms with van der Waals surface area (Å²) in [5, 5.41) is 0. The number of benzene rings is 1. The first-order chi connectivity index (χ1) is 7.30. The Morgan fingerprint density at radius 3 is 1.94 bits per heavy atom. The summed E-state index contributed by atoms with van der Waals surface area (Å²) >= 11 is 0.